The van der Waals surface area contributed by atoms with Gasteiger partial charge in [-0.05, 0) is 44.4 Å². The van der Waals surface area contributed by atoms with Crippen LogP contribution in [0.25, 0.3) is 0 Å². The number of rotatable bonds is 7. The van der Waals surface area contributed by atoms with Crippen LogP contribution in [0.3, 0.4) is 0 Å². The van der Waals surface area contributed by atoms with Gasteiger partial charge < -0.3 is 19.5 Å². The second-order valence-electron chi connectivity index (χ2n) is 9.21. The van der Waals surface area contributed by atoms with E-state index in [1.807, 2.05) is 24.3 Å². The molecule has 3 rings (SSSR count). The molecule has 3 amide bonds. The summed E-state index contributed by atoms with van der Waals surface area (Å²) in [6.07, 6.45) is 0.961. The predicted molar refractivity (Wildman–Crippen MR) is 125 cm³/mol. The maximum absolute atomic E-state index is 13.3. The lowest BCUT2D eigenvalue weighted by molar-refractivity contribution is -0.146. The largest absolute Gasteiger partial charge is 0.468 e. The van der Waals surface area contributed by atoms with Gasteiger partial charge in [-0.25, -0.2) is 4.79 Å². The Morgan fingerprint density at radius 1 is 1.15 bits per heavy atom. The van der Waals surface area contributed by atoms with Gasteiger partial charge in [0, 0.05) is 38.9 Å². The third-order valence-corrected chi connectivity index (χ3v) is 6.21. The Balaban J connectivity index is 1.68. The summed E-state index contributed by atoms with van der Waals surface area (Å²) in [4.78, 5) is 42.9. The molecule has 0 unspecified atom stereocenters. The lowest BCUT2D eigenvalue weighted by Gasteiger charge is -2.42. The lowest BCUT2D eigenvalue weighted by atomic mass is 9.85. The first kappa shape index (κ1) is 25.7. The SMILES string of the molecule is COCCN1C(=O)N(CC(=O)OC)C(=O)C12CCN(Cc1ccc(C#CC(C)(C)O)cc1)CC2. The van der Waals surface area contributed by atoms with Crippen LogP contribution in [0, 0.1) is 11.8 Å². The molecule has 2 heterocycles. The average Bonchev–Trinajstić information content (AvgIpc) is 2.99. The summed E-state index contributed by atoms with van der Waals surface area (Å²) in [5.74, 6) is 4.80. The number of hydrogen-bond donors (Lipinski definition) is 1. The predicted octanol–water partition coefficient (Wildman–Crippen LogP) is 1.23. The molecule has 2 aliphatic heterocycles. The van der Waals surface area contributed by atoms with E-state index in [4.69, 9.17) is 4.74 Å². The van der Waals surface area contributed by atoms with Gasteiger partial charge in [0.05, 0.1) is 13.7 Å². The molecule has 2 aliphatic rings. The zero-order valence-electron chi connectivity index (χ0n) is 20.3. The fraction of sp³-hybridized carbons (Fsp3) is 0.560. The maximum Gasteiger partial charge on any atom is 0.328 e. The highest BCUT2D eigenvalue weighted by Crippen LogP contribution is 2.37. The van der Waals surface area contributed by atoms with E-state index < -0.39 is 23.1 Å². The van der Waals surface area contributed by atoms with Gasteiger partial charge >= 0.3 is 12.0 Å². The van der Waals surface area contributed by atoms with Crippen molar-refractivity contribution < 1.29 is 29.0 Å². The minimum absolute atomic E-state index is 0.284. The van der Waals surface area contributed by atoms with Crippen molar-refractivity contribution in [3.05, 3.63) is 35.4 Å². The van der Waals surface area contributed by atoms with Crippen LogP contribution in [0.4, 0.5) is 4.79 Å². The van der Waals surface area contributed by atoms with Gasteiger partial charge in [0.1, 0.15) is 17.7 Å². The first-order valence-electron chi connectivity index (χ1n) is 11.4. The molecule has 0 saturated carbocycles. The summed E-state index contributed by atoms with van der Waals surface area (Å²) in [6.45, 7) is 5.47. The van der Waals surface area contributed by atoms with Crippen LogP contribution in [0.5, 0.6) is 0 Å². The van der Waals surface area contributed by atoms with E-state index in [0.29, 0.717) is 39.1 Å². The highest BCUT2D eigenvalue weighted by Gasteiger charge is 2.58. The number of likely N-dealkylation sites (tertiary alicyclic amines) is 1. The van der Waals surface area contributed by atoms with Crippen molar-refractivity contribution in [2.75, 3.05) is 47.0 Å². The lowest BCUT2D eigenvalue weighted by Crippen LogP contribution is -2.57. The van der Waals surface area contributed by atoms with Crippen molar-refractivity contribution in [2.45, 2.75) is 44.4 Å². The van der Waals surface area contributed by atoms with Gasteiger partial charge in [0.2, 0.25) is 0 Å². The minimum atomic E-state index is -1.04. The topological polar surface area (TPSA) is 99.6 Å². The molecule has 0 aromatic heterocycles. The standard InChI is InChI=1S/C25H33N3O6/c1-24(2,32)10-9-19-5-7-20(8-6-19)17-26-13-11-25(12-14-26)22(30)27(18-21(29)34-4)23(31)28(25)15-16-33-3/h5-8,32H,11-18H2,1-4H3. The van der Waals surface area contributed by atoms with E-state index in [0.717, 1.165) is 16.0 Å². The molecule has 0 bridgehead atoms. The number of hydrogen-bond acceptors (Lipinski definition) is 7. The highest BCUT2D eigenvalue weighted by molar-refractivity contribution is 6.08. The maximum atomic E-state index is 13.3. The van der Waals surface area contributed by atoms with Crippen molar-refractivity contribution in [3.8, 4) is 11.8 Å². The normalized spacial score (nSPS) is 18.3. The Bertz CT molecular complexity index is 965. The first-order valence-corrected chi connectivity index (χ1v) is 11.4. The fourth-order valence-corrected chi connectivity index (χ4v) is 4.35. The zero-order chi connectivity index (χ0) is 24.9. The highest BCUT2D eigenvalue weighted by atomic mass is 16.5. The summed E-state index contributed by atoms with van der Waals surface area (Å²) < 4.78 is 9.82. The number of nitrogens with zero attached hydrogens (tertiary/aromatic N) is 3. The van der Waals surface area contributed by atoms with E-state index in [1.54, 1.807) is 25.9 Å². The molecule has 34 heavy (non-hydrogen) atoms. The van der Waals surface area contributed by atoms with Gasteiger partial charge in [-0.2, -0.15) is 0 Å². The number of esters is 1. The van der Waals surface area contributed by atoms with Crippen LogP contribution in [0.2, 0.25) is 0 Å². The second-order valence-corrected chi connectivity index (χ2v) is 9.21. The molecule has 184 valence electrons. The molecular weight excluding hydrogens is 438 g/mol. The quantitative estimate of drug-likeness (QED) is 0.363. The molecule has 2 fully saturated rings. The number of amides is 3. The number of urea groups is 1. The molecule has 9 heteroatoms. The number of piperidine rings is 1. The van der Waals surface area contributed by atoms with Crippen LogP contribution < -0.4 is 0 Å². The summed E-state index contributed by atoms with van der Waals surface area (Å²) in [5, 5.41) is 9.75. The Kier molecular flexibility index (Phi) is 7.97. The Labute approximate surface area is 200 Å². The zero-order valence-corrected chi connectivity index (χ0v) is 20.3. The monoisotopic (exact) mass is 471 g/mol. The van der Waals surface area contributed by atoms with Gasteiger partial charge in [-0.3, -0.25) is 19.4 Å². The third-order valence-electron chi connectivity index (χ3n) is 6.21. The molecule has 1 aromatic carbocycles. The Morgan fingerprint density at radius 3 is 2.35 bits per heavy atom. The molecule has 0 radical (unpaired) electrons. The van der Waals surface area contributed by atoms with Crippen LogP contribution in [-0.4, -0.2) is 95.9 Å². The smallest absolute Gasteiger partial charge is 0.328 e. The van der Waals surface area contributed by atoms with Gasteiger partial charge in [0.15, 0.2) is 0 Å². The van der Waals surface area contributed by atoms with Crippen LogP contribution in [-0.2, 0) is 25.6 Å². The molecule has 9 nitrogen and oxygen atoms in total. The van der Waals surface area contributed by atoms with Crippen molar-refractivity contribution >= 4 is 17.9 Å². The number of aliphatic hydroxyl groups is 1. The van der Waals surface area contributed by atoms with E-state index in [2.05, 4.69) is 21.5 Å². The number of carbonyl (C=O) groups is 3. The molecule has 1 spiro atoms. The first-order chi connectivity index (χ1) is 16.1. The van der Waals surface area contributed by atoms with Gasteiger partial charge in [-0.1, -0.05) is 24.0 Å². The van der Waals surface area contributed by atoms with Crippen molar-refractivity contribution in [1.29, 1.82) is 0 Å². The number of benzene rings is 1. The van der Waals surface area contributed by atoms with E-state index in [9.17, 15) is 19.5 Å². The molecule has 1 aromatic rings. The summed E-state index contributed by atoms with van der Waals surface area (Å²) >= 11 is 0. The number of ether oxygens (including phenoxy) is 2. The number of methoxy groups -OCH3 is 2. The number of imide groups is 1. The summed E-state index contributed by atoms with van der Waals surface area (Å²) in [7, 11) is 2.78. The molecule has 1 N–H and O–H groups in total. The second kappa shape index (κ2) is 10.6. The van der Waals surface area contributed by atoms with Crippen LogP contribution >= 0.6 is 0 Å². The fourth-order valence-electron chi connectivity index (χ4n) is 4.35. The molecule has 0 aliphatic carbocycles. The van der Waals surface area contributed by atoms with Crippen molar-refractivity contribution in [1.82, 2.24) is 14.7 Å². The van der Waals surface area contributed by atoms with Crippen LogP contribution in [0.15, 0.2) is 24.3 Å². The molecule has 0 atom stereocenters. The average molecular weight is 472 g/mol. The van der Waals surface area contributed by atoms with Gasteiger partial charge in [0.25, 0.3) is 5.91 Å². The summed E-state index contributed by atoms with van der Waals surface area (Å²) in [6, 6.07) is 7.40. The molecular formula is C25H33N3O6. The number of carbonyl (C=O) groups excluding carboxylic acids is 3. The van der Waals surface area contributed by atoms with Crippen LogP contribution in [0.1, 0.15) is 37.8 Å². The van der Waals surface area contributed by atoms with E-state index >= 15 is 0 Å². The van der Waals surface area contributed by atoms with E-state index in [1.165, 1.54) is 7.11 Å². The third kappa shape index (κ3) is 5.76. The van der Waals surface area contributed by atoms with Crippen molar-refractivity contribution in [3.63, 3.8) is 0 Å². The Morgan fingerprint density at radius 2 is 1.79 bits per heavy atom. The molecule has 2 saturated heterocycles. The van der Waals surface area contributed by atoms with Crippen molar-refractivity contribution in [2.24, 2.45) is 0 Å². The summed E-state index contributed by atoms with van der Waals surface area (Å²) in [5.41, 5.74) is -0.0537. The Hall–Kier alpha value is -2.93. The van der Waals surface area contributed by atoms with E-state index in [-0.39, 0.29) is 19.0 Å². The van der Waals surface area contributed by atoms with Gasteiger partial charge in [-0.15, -0.1) is 0 Å². The minimum Gasteiger partial charge on any atom is -0.468 e.